The summed E-state index contributed by atoms with van der Waals surface area (Å²) < 4.78 is 0. The van der Waals surface area contributed by atoms with Gasteiger partial charge in [0.15, 0.2) is 0 Å². The fourth-order valence-corrected chi connectivity index (χ4v) is 1.56. The van der Waals surface area contributed by atoms with Gasteiger partial charge in [0.2, 0.25) is 0 Å². The smallest absolute Gasteiger partial charge is 0.0778 e. The van der Waals surface area contributed by atoms with Crippen molar-refractivity contribution in [2.24, 2.45) is 0 Å². The maximum atomic E-state index is 5.37. The molecule has 0 radical (unpaired) electrons. The van der Waals surface area contributed by atoms with E-state index in [0.717, 1.165) is 18.7 Å². The van der Waals surface area contributed by atoms with E-state index in [2.05, 4.69) is 32.0 Å². The van der Waals surface area contributed by atoms with Crippen molar-refractivity contribution in [2.75, 3.05) is 12.3 Å². The molecule has 0 aromatic rings. The molecule has 0 aliphatic heterocycles. The monoisotopic (exact) mass is 185 g/mol. The van der Waals surface area contributed by atoms with Crippen LogP contribution in [0.4, 0.5) is 0 Å². The zero-order chi connectivity index (χ0) is 9.40. The van der Waals surface area contributed by atoms with Crippen molar-refractivity contribution in [2.45, 2.75) is 38.5 Å². The summed E-state index contributed by atoms with van der Waals surface area (Å²) in [6.07, 6.45) is 6.52. The molecule has 0 rings (SSSR count). The lowest BCUT2D eigenvalue weighted by Crippen LogP contribution is -2.30. The van der Waals surface area contributed by atoms with Crippen LogP contribution >= 0.6 is 11.8 Å². The van der Waals surface area contributed by atoms with Crippen LogP contribution in [0.25, 0.3) is 0 Å². The zero-order valence-electron chi connectivity index (χ0n) is 8.26. The SMILES string of the molecule is C#CC(CSC(C)C)NCCC. The van der Waals surface area contributed by atoms with E-state index in [0.29, 0.717) is 5.25 Å². The third-order valence-corrected chi connectivity index (χ3v) is 2.63. The second kappa shape index (κ2) is 7.52. The Balaban J connectivity index is 3.48. The van der Waals surface area contributed by atoms with Crippen molar-refractivity contribution in [3.63, 3.8) is 0 Å². The molecule has 1 nitrogen and oxygen atoms in total. The van der Waals surface area contributed by atoms with E-state index in [-0.39, 0.29) is 6.04 Å². The predicted octanol–water partition coefficient (Wildman–Crippen LogP) is 2.13. The van der Waals surface area contributed by atoms with Crippen molar-refractivity contribution in [1.29, 1.82) is 0 Å². The molecule has 0 fully saturated rings. The summed E-state index contributed by atoms with van der Waals surface area (Å²) in [5.41, 5.74) is 0. The normalized spacial score (nSPS) is 12.9. The summed E-state index contributed by atoms with van der Waals surface area (Å²) in [5, 5.41) is 3.99. The van der Waals surface area contributed by atoms with Crippen LogP contribution in [0.1, 0.15) is 27.2 Å². The summed E-state index contributed by atoms with van der Waals surface area (Å²) in [7, 11) is 0. The van der Waals surface area contributed by atoms with Crippen LogP contribution in [0.5, 0.6) is 0 Å². The molecule has 0 aromatic heterocycles. The van der Waals surface area contributed by atoms with Gasteiger partial charge < -0.3 is 5.32 Å². The Morgan fingerprint density at radius 3 is 2.58 bits per heavy atom. The molecule has 12 heavy (non-hydrogen) atoms. The highest BCUT2D eigenvalue weighted by atomic mass is 32.2. The molecule has 1 N–H and O–H groups in total. The van der Waals surface area contributed by atoms with Crippen molar-refractivity contribution in [1.82, 2.24) is 5.32 Å². The molecule has 0 bridgehead atoms. The first-order valence-electron chi connectivity index (χ1n) is 4.51. The predicted molar refractivity (Wildman–Crippen MR) is 58.5 cm³/mol. The van der Waals surface area contributed by atoms with E-state index in [1.807, 2.05) is 11.8 Å². The van der Waals surface area contributed by atoms with Gasteiger partial charge in [-0.25, -0.2) is 0 Å². The number of hydrogen-bond donors (Lipinski definition) is 1. The molecule has 2 heteroatoms. The quantitative estimate of drug-likeness (QED) is 0.636. The maximum absolute atomic E-state index is 5.37. The lowest BCUT2D eigenvalue weighted by molar-refractivity contribution is 0.642. The minimum absolute atomic E-state index is 0.248. The highest BCUT2D eigenvalue weighted by Gasteiger charge is 2.04. The average Bonchev–Trinajstić information content (AvgIpc) is 2.05. The highest BCUT2D eigenvalue weighted by molar-refractivity contribution is 7.99. The molecule has 70 valence electrons. The summed E-state index contributed by atoms with van der Waals surface area (Å²) in [5.74, 6) is 3.78. The minimum atomic E-state index is 0.248. The Morgan fingerprint density at radius 1 is 1.50 bits per heavy atom. The molecule has 0 spiro atoms. The first-order chi connectivity index (χ1) is 5.70. The molecule has 0 heterocycles. The van der Waals surface area contributed by atoms with Gasteiger partial charge in [-0.15, -0.1) is 6.42 Å². The number of hydrogen-bond acceptors (Lipinski definition) is 2. The van der Waals surface area contributed by atoms with Crippen LogP contribution in [-0.4, -0.2) is 23.6 Å². The second-order valence-electron chi connectivity index (χ2n) is 3.06. The Hall–Kier alpha value is -0.130. The van der Waals surface area contributed by atoms with Gasteiger partial charge in [0.1, 0.15) is 0 Å². The summed E-state index contributed by atoms with van der Waals surface area (Å²) in [4.78, 5) is 0. The maximum Gasteiger partial charge on any atom is 0.0778 e. The lowest BCUT2D eigenvalue weighted by Gasteiger charge is -2.13. The molecule has 1 atom stereocenters. The number of thioether (sulfide) groups is 1. The second-order valence-corrected chi connectivity index (χ2v) is 4.66. The van der Waals surface area contributed by atoms with Crippen molar-refractivity contribution >= 4 is 11.8 Å². The molecule has 0 aromatic carbocycles. The van der Waals surface area contributed by atoms with Gasteiger partial charge in [0.05, 0.1) is 6.04 Å². The average molecular weight is 185 g/mol. The largest absolute Gasteiger partial charge is 0.303 e. The van der Waals surface area contributed by atoms with Gasteiger partial charge in [-0.05, 0) is 18.2 Å². The van der Waals surface area contributed by atoms with Crippen LogP contribution in [-0.2, 0) is 0 Å². The fourth-order valence-electron chi connectivity index (χ4n) is 0.773. The van der Waals surface area contributed by atoms with E-state index in [1.54, 1.807) is 0 Å². The third-order valence-electron chi connectivity index (χ3n) is 1.44. The summed E-state index contributed by atoms with van der Waals surface area (Å²) >= 11 is 1.91. The molecule has 0 saturated carbocycles. The molecule has 0 amide bonds. The standard InChI is InChI=1S/C10H19NS/c1-5-7-11-10(6-2)8-12-9(3)4/h2,9-11H,5,7-8H2,1,3-4H3. The van der Waals surface area contributed by atoms with Gasteiger partial charge in [-0.3, -0.25) is 0 Å². The molecule has 0 aliphatic carbocycles. The Labute approximate surface area is 80.7 Å². The molecule has 0 saturated heterocycles. The molecular weight excluding hydrogens is 166 g/mol. The Kier molecular flexibility index (Phi) is 7.43. The van der Waals surface area contributed by atoms with Gasteiger partial charge in [-0.2, -0.15) is 11.8 Å². The first-order valence-corrected chi connectivity index (χ1v) is 5.56. The van der Waals surface area contributed by atoms with E-state index >= 15 is 0 Å². The highest BCUT2D eigenvalue weighted by Crippen LogP contribution is 2.09. The van der Waals surface area contributed by atoms with E-state index in [1.165, 1.54) is 0 Å². The molecule has 1 unspecified atom stereocenters. The summed E-state index contributed by atoms with van der Waals surface area (Å²) in [6.45, 7) is 7.56. The van der Waals surface area contributed by atoms with E-state index < -0.39 is 0 Å². The Bertz CT molecular complexity index is 137. The van der Waals surface area contributed by atoms with Gasteiger partial charge in [0.25, 0.3) is 0 Å². The van der Waals surface area contributed by atoms with Crippen LogP contribution < -0.4 is 5.32 Å². The van der Waals surface area contributed by atoms with Gasteiger partial charge >= 0.3 is 0 Å². The third kappa shape index (κ3) is 6.57. The van der Waals surface area contributed by atoms with Gasteiger partial charge in [-0.1, -0.05) is 26.7 Å². The van der Waals surface area contributed by atoms with E-state index in [4.69, 9.17) is 6.42 Å². The van der Waals surface area contributed by atoms with Crippen LogP contribution in [0.15, 0.2) is 0 Å². The minimum Gasteiger partial charge on any atom is -0.303 e. The van der Waals surface area contributed by atoms with Crippen molar-refractivity contribution in [3.8, 4) is 12.3 Å². The van der Waals surface area contributed by atoms with Crippen molar-refractivity contribution in [3.05, 3.63) is 0 Å². The van der Waals surface area contributed by atoms with E-state index in [9.17, 15) is 0 Å². The van der Waals surface area contributed by atoms with Crippen molar-refractivity contribution < 1.29 is 0 Å². The Morgan fingerprint density at radius 2 is 2.17 bits per heavy atom. The number of nitrogens with one attached hydrogen (secondary N) is 1. The molecule has 0 aliphatic rings. The van der Waals surface area contributed by atoms with Gasteiger partial charge in [0, 0.05) is 5.75 Å². The first kappa shape index (κ1) is 11.9. The molecular formula is C10H19NS. The zero-order valence-corrected chi connectivity index (χ0v) is 9.08. The van der Waals surface area contributed by atoms with Crippen LogP contribution in [0, 0.1) is 12.3 Å². The van der Waals surface area contributed by atoms with Crippen LogP contribution in [0.2, 0.25) is 0 Å². The number of terminal acetylenes is 1. The summed E-state index contributed by atoms with van der Waals surface area (Å²) in [6, 6.07) is 0.248. The topological polar surface area (TPSA) is 12.0 Å². The fraction of sp³-hybridized carbons (Fsp3) is 0.800. The van der Waals surface area contributed by atoms with Crippen LogP contribution in [0.3, 0.4) is 0 Å². The number of rotatable bonds is 6. The lowest BCUT2D eigenvalue weighted by atomic mass is 10.3.